The van der Waals surface area contributed by atoms with Gasteiger partial charge in [0.2, 0.25) is 5.82 Å². The minimum absolute atomic E-state index is 0.0818. The lowest BCUT2D eigenvalue weighted by atomic mass is 10.1. The molecular formula is C25H27F3N10O. The summed E-state index contributed by atoms with van der Waals surface area (Å²) in [6.45, 7) is 2.66. The van der Waals surface area contributed by atoms with Crippen LogP contribution in [0.1, 0.15) is 37.0 Å². The molecule has 2 unspecified atom stereocenters. The second-order valence-corrected chi connectivity index (χ2v) is 9.37. The smallest absolute Gasteiger partial charge is 0.372 e. The van der Waals surface area contributed by atoms with Gasteiger partial charge in [0.25, 0.3) is 0 Å². The Morgan fingerprint density at radius 1 is 1.10 bits per heavy atom. The Balaban J connectivity index is 1.26. The van der Waals surface area contributed by atoms with E-state index in [9.17, 15) is 18.3 Å². The van der Waals surface area contributed by atoms with E-state index < -0.39 is 18.2 Å². The predicted molar refractivity (Wildman–Crippen MR) is 134 cm³/mol. The van der Waals surface area contributed by atoms with Crippen molar-refractivity contribution in [1.82, 2.24) is 44.5 Å². The molecular weight excluding hydrogens is 513 g/mol. The highest BCUT2D eigenvalue weighted by Crippen LogP contribution is 2.28. The molecule has 1 aliphatic heterocycles. The van der Waals surface area contributed by atoms with Crippen molar-refractivity contribution in [3.63, 3.8) is 0 Å². The zero-order chi connectivity index (χ0) is 27.4. The molecule has 2 N–H and O–H groups in total. The van der Waals surface area contributed by atoms with Crippen molar-refractivity contribution in [2.24, 2.45) is 0 Å². The molecule has 0 bridgehead atoms. The van der Waals surface area contributed by atoms with Gasteiger partial charge in [0, 0.05) is 68.2 Å². The number of piperazine rings is 1. The van der Waals surface area contributed by atoms with Crippen LogP contribution in [0.2, 0.25) is 0 Å². The Kier molecular flexibility index (Phi) is 7.82. The Morgan fingerprint density at radius 3 is 2.67 bits per heavy atom. The first-order chi connectivity index (χ1) is 18.8. The van der Waals surface area contributed by atoms with Crippen LogP contribution < -0.4 is 0 Å². The number of hydrogen-bond acceptors (Lipinski definition) is 9. The van der Waals surface area contributed by atoms with Gasteiger partial charge in [-0.25, -0.2) is 19.9 Å². The molecule has 0 aliphatic carbocycles. The van der Waals surface area contributed by atoms with Crippen molar-refractivity contribution >= 4 is 11.0 Å². The Labute approximate surface area is 221 Å². The molecule has 204 valence electrons. The molecule has 0 spiro atoms. The highest BCUT2D eigenvalue weighted by Gasteiger charge is 2.36. The van der Waals surface area contributed by atoms with Crippen LogP contribution in [0, 0.1) is 11.3 Å². The zero-order valence-electron chi connectivity index (χ0n) is 21.0. The number of halogens is 3. The zero-order valence-corrected chi connectivity index (χ0v) is 21.0. The second-order valence-electron chi connectivity index (χ2n) is 9.37. The lowest BCUT2D eigenvalue weighted by Gasteiger charge is -2.40. The fourth-order valence-corrected chi connectivity index (χ4v) is 4.90. The number of alkyl halides is 3. The molecule has 4 aromatic heterocycles. The van der Waals surface area contributed by atoms with Gasteiger partial charge in [0.1, 0.15) is 12.0 Å². The number of aliphatic hydroxyl groups excluding tert-OH is 1. The number of fused-ring (bicyclic) bond motifs is 1. The van der Waals surface area contributed by atoms with Gasteiger partial charge < -0.3 is 10.1 Å². The maximum absolute atomic E-state index is 13.0. The van der Waals surface area contributed by atoms with Crippen LogP contribution in [0.4, 0.5) is 13.2 Å². The average molecular weight is 541 g/mol. The second kappa shape index (κ2) is 11.4. The van der Waals surface area contributed by atoms with Crippen LogP contribution in [0.5, 0.6) is 0 Å². The standard InChI is InChI=1S/C25H27F3N10O/c26-25(27,28)24-31-8-5-20(35-24)23(39)37-11-9-36(10-12-37)18(3-1-2-6-29)15-38-14-17(13-34-38)21-19-4-7-30-22(19)33-16-32-21/h4-5,7-8,13-14,16,18,23,39H,1-3,9-12,15H2,(H,30,32,33). The molecule has 0 saturated carbocycles. The summed E-state index contributed by atoms with van der Waals surface area (Å²) in [4.78, 5) is 22.5. The Morgan fingerprint density at radius 2 is 1.90 bits per heavy atom. The molecule has 1 fully saturated rings. The monoisotopic (exact) mass is 540 g/mol. The summed E-state index contributed by atoms with van der Waals surface area (Å²) in [5.41, 5.74) is 2.32. The molecule has 14 heteroatoms. The highest BCUT2D eigenvalue weighted by atomic mass is 19.4. The number of nitrogens with zero attached hydrogens (tertiary/aromatic N) is 9. The first kappa shape index (κ1) is 26.7. The van der Waals surface area contributed by atoms with E-state index in [2.05, 4.69) is 41.0 Å². The molecule has 5 rings (SSSR count). The number of nitrogens with one attached hydrogen (secondary N) is 1. The third-order valence-corrected chi connectivity index (χ3v) is 6.89. The first-order valence-electron chi connectivity index (χ1n) is 12.6. The lowest BCUT2D eigenvalue weighted by molar-refractivity contribution is -0.145. The van der Waals surface area contributed by atoms with Gasteiger partial charge in [-0.15, -0.1) is 0 Å². The molecule has 4 aromatic rings. The summed E-state index contributed by atoms with van der Waals surface area (Å²) in [6, 6.07) is 5.50. The number of hydrogen-bond donors (Lipinski definition) is 2. The van der Waals surface area contributed by atoms with E-state index in [0.29, 0.717) is 39.1 Å². The molecule has 0 amide bonds. The normalized spacial score (nSPS) is 16.8. The number of rotatable bonds is 9. The molecule has 1 saturated heterocycles. The largest absolute Gasteiger partial charge is 0.451 e. The van der Waals surface area contributed by atoms with Gasteiger partial charge >= 0.3 is 6.18 Å². The minimum atomic E-state index is -4.68. The van der Waals surface area contributed by atoms with Crippen molar-refractivity contribution in [2.45, 2.75) is 44.3 Å². The van der Waals surface area contributed by atoms with E-state index in [-0.39, 0.29) is 11.7 Å². The molecule has 1 aliphatic rings. The van der Waals surface area contributed by atoms with Crippen LogP contribution in [0.3, 0.4) is 0 Å². The van der Waals surface area contributed by atoms with Crippen molar-refractivity contribution < 1.29 is 18.3 Å². The van der Waals surface area contributed by atoms with Gasteiger partial charge in [-0.05, 0) is 25.0 Å². The first-order valence-corrected chi connectivity index (χ1v) is 12.6. The number of aliphatic hydroxyl groups is 1. The van der Waals surface area contributed by atoms with E-state index in [0.717, 1.165) is 41.3 Å². The van der Waals surface area contributed by atoms with Crippen LogP contribution in [-0.4, -0.2) is 81.8 Å². The molecule has 0 radical (unpaired) electrons. The number of unbranched alkanes of at least 4 members (excludes halogenated alkanes) is 1. The van der Waals surface area contributed by atoms with Crippen molar-refractivity contribution in [2.75, 3.05) is 26.2 Å². The SMILES string of the molecule is N#CCCCC(Cn1cc(-c2ncnc3[nH]ccc23)cn1)N1CCN(C(O)c2ccnc(C(F)(F)F)n2)CC1. The summed E-state index contributed by atoms with van der Waals surface area (Å²) in [5, 5.41) is 25.2. The quantitative estimate of drug-likeness (QED) is 0.307. The van der Waals surface area contributed by atoms with E-state index in [1.54, 1.807) is 11.1 Å². The van der Waals surface area contributed by atoms with Crippen LogP contribution in [0.25, 0.3) is 22.3 Å². The summed E-state index contributed by atoms with van der Waals surface area (Å²) >= 11 is 0. The lowest BCUT2D eigenvalue weighted by Crippen LogP contribution is -2.52. The minimum Gasteiger partial charge on any atom is -0.372 e. The molecule has 5 heterocycles. The number of nitriles is 1. The number of H-pyrrole nitrogens is 1. The average Bonchev–Trinajstić information content (AvgIpc) is 3.62. The van der Waals surface area contributed by atoms with Crippen molar-refractivity contribution in [3.8, 4) is 17.3 Å². The summed E-state index contributed by atoms with van der Waals surface area (Å²) < 4.78 is 40.9. The van der Waals surface area contributed by atoms with Gasteiger partial charge in [0.05, 0.1) is 30.2 Å². The van der Waals surface area contributed by atoms with Crippen molar-refractivity contribution in [1.29, 1.82) is 5.26 Å². The predicted octanol–water partition coefficient (Wildman–Crippen LogP) is 3.00. The van der Waals surface area contributed by atoms with E-state index in [1.807, 2.05) is 23.1 Å². The van der Waals surface area contributed by atoms with Crippen LogP contribution in [-0.2, 0) is 12.7 Å². The summed E-state index contributed by atoms with van der Waals surface area (Å²) in [6.07, 6.45) is 4.06. The van der Waals surface area contributed by atoms with Crippen LogP contribution in [0.15, 0.2) is 43.2 Å². The maximum atomic E-state index is 13.0. The molecule has 2 atom stereocenters. The third-order valence-electron chi connectivity index (χ3n) is 6.89. The van der Waals surface area contributed by atoms with Gasteiger partial charge in [0.15, 0.2) is 6.23 Å². The Hall–Kier alpha value is -3.93. The Bertz CT molecular complexity index is 1440. The molecule has 11 nitrogen and oxygen atoms in total. The van der Waals surface area contributed by atoms with E-state index >= 15 is 0 Å². The summed E-state index contributed by atoms with van der Waals surface area (Å²) in [5.74, 6) is -1.27. The fourth-order valence-electron chi connectivity index (χ4n) is 4.90. The van der Waals surface area contributed by atoms with Crippen molar-refractivity contribution in [3.05, 3.63) is 54.8 Å². The maximum Gasteiger partial charge on any atom is 0.451 e. The number of aromatic nitrogens is 7. The van der Waals surface area contributed by atoms with Crippen LogP contribution >= 0.6 is 0 Å². The third kappa shape index (κ3) is 6.06. The topological polar surface area (TPSA) is 136 Å². The van der Waals surface area contributed by atoms with E-state index in [1.165, 1.54) is 12.4 Å². The van der Waals surface area contributed by atoms with E-state index in [4.69, 9.17) is 5.26 Å². The number of aromatic amines is 1. The van der Waals surface area contributed by atoms with Gasteiger partial charge in [-0.3, -0.25) is 14.5 Å². The highest BCUT2D eigenvalue weighted by molar-refractivity contribution is 5.89. The molecule has 0 aromatic carbocycles. The van der Waals surface area contributed by atoms with Gasteiger partial charge in [-0.1, -0.05) is 0 Å². The van der Waals surface area contributed by atoms with Gasteiger partial charge in [-0.2, -0.15) is 23.5 Å². The summed E-state index contributed by atoms with van der Waals surface area (Å²) in [7, 11) is 0. The fraction of sp³-hybridized carbons (Fsp3) is 0.440. The molecule has 39 heavy (non-hydrogen) atoms.